The minimum absolute atomic E-state index is 0.605. The van der Waals surface area contributed by atoms with Crippen molar-refractivity contribution >= 4 is 17.8 Å². The van der Waals surface area contributed by atoms with Crippen LogP contribution in [-0.2, 0) is 6.54 Å². The maximum Gasteiger partial charge on any atom is 0.0178 e. The van der Waals surface area contributed by atoms with E-state index >= 15 is 0 Å². The Labute approximate surface area is 113 Å². The van der Waals surface area contributed by atoms with Gasteiger partial charge in [0.05, 0.1) is 0 Å². The third kappa shape index (κ3) is 4.06. The number of benzene rings is 2. The molecule has 0 unspecified atom stereocenters. The van der Waals surface area contributed by atoms with E-state index in [2.05, 4.69) is 60.7 Å². The van der Waals surface area contributed by atoms with Gasteiger partial charge in [-0.1, -0.05) is 54.6 Å². The van der Waals surface area contributed by atoms with Crippen molar-refractivity contribution in [2.24, 2.45) is 5.73 Å². The van der Waals surface area contributed by atoms with E-state index in [0.29, 0.717) is 6.54 Å². The fourth-order valence-electron chi connectivity index (χ4n) is 1.65. The van der Waals surface area contributed by atoms with Gasteiger partial charge < -0.3 is 5.73 Å². The Morgan fingerprint density at radius 2 is 1.83 bits per heavy atom. The zero-order valence-corrected chi connectivity index (χ0v) is 11.1. The predicted octanol–water partition coefficient (Wildman–Crippen LogP) is 3.95. The number of hydrogen-bond donors (Lipinski definition) is 1. The first kappa shape index (κ1) is 12.9. The minimum atomic E-state index is 0.605. The second-order valence-corrected chi connectivity index (χ2v) is 5.07. The molecule has 0 saturated heterocycles. The third-order valence-electron chi connectivity index (χ3n) is 2.59. The predicted molar refractivity (Wildman–Crippen MR) is 80.5 cm³/mol. The van der Waals surface area contributed by atoms with Gasteiger partial charge in [0.1, 0.15) is 0 Å². The van der Waals surface area contributed by atoms with Crippen LogP contribution in [0.2, 0.25) is 0 Å². The summed E-state index contributed by atoms with van der Waals surface area (Å²) in [4.78, 5) is 1.27. The molecular weight excluding hydrogens is 238 g/mol. The summed E-state index contributed by atoms with van der Waals surface area (Å²) < 4.78 is 0. The van der Waals surface area contributed by atoms with Crippen molar-refractivity contribution in [3.63, 3.8) is 0 Å². The van der Waals surface area contributed by atoms with Crippen molar-refractivity contribution in [2.75, 3.05) is 5.75 Å². The van der Waals surface area contributed by atoms with E-state index in [-0.39, 0.29) is 0 Å². The van der Waals surface area contributed by atoms with Crippen LogP contribution in [0.15, 0.2) is 65.6 Å². The van der Waals surface area contributed by atoms with Crippen LogP contribution in [0.5, 0.6) is 0 Å². The van der Waals surface area contributed by atoms with Crippen LogP contribution >= 0.6 is 11.8 Å². The van der Waals surface area contributed by atoms with Gasteiger partial charge in [0.15, 0.2) is 0 Å². The topological polar surface area (TPSA) is 26.0 Å². The highest BCUT2D eigenvalue weighted by Crippen LogP contribution is 2.19. The van der Waals surface area contributed by atoms with E-state index in [1.807, 2.05) is 17.8 Å². The summed E-state index contributed by atoms with van der Waals surface area (Å²) in [6.07, 6.45) is 4.34. The van der Waals surface area contributed by atoms with E-state index in [4.69, 9.17) is 5.73 Å². The maximum absolute atomic E-state index is 5.63. The first-order chi connectivity index (χ1) is 8.88. The van der Waals surface area contributed by atoms with Gasteiger partial charge >= 0.3 is 0 Å². The quantitative estimate of drug-likeness (QED) is 0.819. The molecule has 0 aliphatic carbocycles. The summed E-state index contributed by atoms with van der Waals surface area (Å²) in [6, 6.07) is 18.8. The van der Waals surface area contributed by atoms with Crippen molar-refractivity contribution in [1.29, 1.82) is 0 Å². The molecule has 2 heteroatoms. The number of thioether (sulfide) groups is 1. The Hall–Kier alpha value is -1.51. The molecule has 0 bridgehead atoms. The van der Waals surface area contributed by atoms with Crippen molar-refractivity contribution in [3.8, 4) is 0 Å². The fourth-order valence-corrected chi connectivity index (χ4v) is 2.45. The largest absolute Gasteiger partial charge is 0.326 e. The molecule has 0 atom stereocenters. The van der Waals surface area contributed by atoms with Gasteiger partial charge in [-0.15, -0.1) is 11.8 Å². The maximum atomic E-state index is 5.63. The van der Waals surface area contributed by atoms with Crippen molar-refractivity contribution in [1.82, 2.24) is 0 Å². The van der Waals surface area contributed by atoms with E-state index in [1.54, 1.807) is 0 Å². The lowest BCUT2D eigenvalue weighted by Gasteiger charge is -2.01. The van der Waals surface area contributed by atoms with Crippen molar-refractivity contribution in [3.05, 3.63) is 71.8 Å². The normalized spacial score (nSPS) is 10.9. The molecule has 18 heavy (non-hydrogen) atoms. The lowest BCUT2D eigenvalue weighted by molar-refractivity contribution is 1.06. The Morgan fingerprint density at radius 1 is 1.00 bits per heavy atom. The van der Waals surface area contributed by atoms with E-state index in [9.17, 15) is 0 Å². The fraction of sp³-hybridized carbons (Fsp3) is 0.125. The average molecular weight is 255 g/mol. The summed E-state index contributed by atoms with van der Waals surface area (Å²) in [5.74, 6) is 0.975. The van der Waals surface area contributed by atoms with Gasteiger partial charge in [0.25, 0.3) is 0 Å². The van der Waals surface area contributed by atoms with Crippen LogP contribution in [-0.4, -0.2) is 5.75 Å². The zero-order chi connectivity index (χ0) is 12.6. The summed E-state index contributed by atoms with van der Waals surface area (Å²) >= 11 is 1.83. The van der Waals surface area contributed by atoms with Crippen molar-refractivity contribution in [2.45, 2.75) is 11.4 Å². The zero-order valence-electron chi connectivity index (χ0n) is 10.3. The van der Waals surface area contributed by atoms with Gasteiger partial charge in [0, 0.05) is 17.2 Å². The second-order valence-electron chi connectivity index (χ2n) is 3.98. The Morgan fingerprint density at radius 3 is 2.61 bits per heavy atom. The highest BCUT2D eigenvalue weighted by Gasteiger charge is 1.94. The van der Waals surface area contributed by atoms with Crippen LogP contribution < -0.4 is 5.73 Å². The van der Waals surface area contributed by atoms with Gasteiger partial charge in [-0.05, 0) is 23.3 Å². The number of hydrogen-bond acceptors (Lipinski definition) is 2. The molecule has 0 radical (unpaired) electrons. The minimum Gasteiger partial charge on any atom is -0.326 e. The van der Waals surface area contributed by atoms with Gasteiger partial charge in [-0.3, -0.25) is 0 Å². The molecule has 0 heterocycles. The molecule has 2 N–H and O–H groups in total. The number of rotatable bonds is 5. The molecule has 0 fully saturated rings. The highest BCUT2D eigenvalue weighted by molar-refractivity contribution is 7.99. The summed E-state index contributed by atoms with van der Waals surface area (Å²) in [5, 5.41) is 0. The molecule has 2 aromatic rings. The Balaban J connectivity index is 1.86. The summed E-state index contributed by atoms with van der Waals surface area (Å²) in [5.41, 5.74) is 8.06. The van der Waals surface area contributed by atoms with E-state index in [1.165, 1.54) is 16.0 Å². The molecule has 0 saturated carbocycles. The molecule has 0 aliphatic heterocycles. The molecule has 0 aromatic heterocycles. The third-order valence-corrected chi connectivity index (χ3v) is 3.54. The lowest BCUT2D eigenvalue weighted by atomic mass is 10.2. The lowest BCUT2D eigenvalue weighted by Crippen LogP contribution is -1.95. The van der Waals surface area contributed by atoms with E-state index < -0.39 is 0 Å². The summed E-state index contributed by atoms with van der Waals surface area (Å²) in [7, 11) is 0. The highest BCUT2D eigenvalue weighted by atomic mass is 32.2. The van der Waals surface area contributed by atoms with Gasteiger partial charge in [0.2, 0.25) is 0 Å². The van der Waals surface area contributed by atoms with Crippen molar-refractivity contribution < 1.29 is 0 Å². The SMILES string of the molecule is NCc1cccc(SCC=Cc2ccccc2)c1. The first-order valence-electron chi connectivity index (χ1n) is 6.02. The smallest absolute Gasteiger partial charge is 0.0178 e. The van der Waals surface area contributed by atoms with Crippen LogP contribution in [0.25, 0.3) is 6.08 Å². The van der Waals surface area contributed by atoms with Crippen LogP contribution in [0.1, 0.15) is 11.1 Å². The monoisotopic (exact) mass is 255 g/mol. The molecule has 92 valence electrons. The average Bonchev–Trinajstić information content (AvgIpc) is 2.45. The molecule has 2 aromatic carbocycles. The van der Waals surface area contributed by atoms with E-state index in [0.717, 1.165) is 5.75 Å². The molecule has 2 rings (SSSR count). The van der Waals surface area contributed by atoms with Gasteiger partial charge in [-0.2, -0.15) is 0 Å². The van der Waals surface area contributed by atoms with Crippen LogP contribution in [0.4, 0.5) is 0 Å². The second kappa shape index (κ2) is 7.04. The Bertz CT molecular complexity index is 506. The van der Waals surface area contributed by atoms with Crippen LogP contribution in [0.3, 0.4) is 0 Å². The number of nitrogens with two attached hydrogens (primary N) is 1. The summed E-state index contributed by atoms with van der Waals surface area (Å²) in [6.45, 7) is 0.605. The molecule has 0 amide bonds. The first-order valence-corrected chi connectivity index (χ1v) is 7.00. The molecule has 0 spiro atoms. The molecule has 0 aliphatic rings. The van der Waals surface area contributed by atoms with Crippen LogP contribution in [0, 0.1) is 0 Å². The van der Waals surface area contributed by atoms with Gasteiger partial charge in [-0.25, -0.2) is 0 Å². The molecule has 1 nitrogen and oxygen atoms in total. The molecular formula is C16H17NS. The standard InChI is InChI=1S/C16H17NS/c17-13-15-8-4-10-16(12-15)18-11-5-9-14-6-2-1-3-7-14/h1-10,12H,11,13,17H2. The Kier molecular flexibility index (Phi) is 5.06.